The number of rotatable bonds is 7. The second-order valence-corrected chi connectivity index (χ2v) is 8.60. The molecule has 3 atom stereocenters. The van der Waals surface area contributed by atoms with Crippen LogP contribution in [0.5, 0.6) is 0 Å². The molecule has 33 heavy (non-hydrogen) atoms. The summed E-state index contributed by atoms with van der Waals surface area (Å²) in [6.07, 6.45) is -1.20. The summed E-state index contributed by atoms with van der Waals surface area (Å²) < 4.78 is 19.0. The number of aliphatic hydroxyl groups excluding tert-OH is 1. The molecular formula is C23H23Cl2FN2O5. The topological polar surface area (TPSA) is 95.9 Å². The average molecular weight is 497 g/mol. The molecule has 2 aromatic carbocycles. The minimum absolute atomic E-state index is 0.0247. The van der Waals surface area contributed by atoms with Crippen molar-refractivity contribution in [3.05, 3.63) is 69.5 Å². The van der Waals surface area contributed by atoms with E-state index in [0.717, 1.165) is 4.90 Å². The summed E-state index contributed by atoms with van der Waals surface area (Å²) in [4.78, 5) is 38.6. The first-order valence-corrected chi connectivity index (χ1v) is 11.0. The van der Waals surface area contributed by atoms with Gasteiger partial charge in [0.05, 0.1) is 28.6 Å². The minimum atomic E-state index is -1.06. The van der Waals surface area contributed by atoms with Gasteiger partial charge in [-0.3, -0.25) is 9.59 Å². The van der Waals surface area contributed by atoms with Gasteiger partial charge in [-0.25, -0.2) is 9.18 Å². The number of hydrogen-bond donors (Lipinski definition) is 2. The van der Waals surface area contributed by atoms with Crippen LogP contribution in [0.2, 0.25) is 10.0 Å². The highest BCUT2D eigenvalue weighted by molar-refractivity contribution is 6.42. The first-order valence-electron chi connectivity index (χ1n) is 10.3. The van der Waals surface area contributed by atoms with E-state index in [2.05, 4.69) is 5.32 Å². The second-order valence-electron chi connectivity index (χ2n) is 7.79. The molecule has 0 radical (unpaired) electrons. The first-order chi connectivity index (χ1) is 15.7. The number of β-amino-alcohol motifs (C(OH)–C–C–N with tert-alkyl or cyclic N) is 1. The molecule has 0 aliphatic carbocycles. The van der Waals surface area contributed by atoms with E-state index in [0.29, 0.717) is 15.6 Å². The molecule has 10 heteroatoms. The Kier molecular flexibility index (Phi) is 8.29. The highest BCUT2D eigenvalue weighted by Gasteiger charge is 2.40. The third kappa shape index (κ3) is 6.43. The van der Waals surface area contributed by atoms with Gasteiger partial charge < -0.3 is 20.1 Å². The van der Waals surface area contributed by atoms with Gasteiger partial charge >= 0.3 is 5.97 Å². The SMILES string of the molecule is CC(NC(=O)COC(=O)C1CC(O)CN1C(=O)Cc1ccccc1F)c1ccc(Cl)c(Cl)c1. The molecule has 2 N–H and O–H groups in total. The smallest absolute Gasteiger partial charge is 0.329 e. The van der Waals surface area contributed by atoms with Crippen LogP contribution in [-0.2, 0) is 25.5 Å². The van der Waals surface area contributed by atoms with Crippen LogP contribution >= 0.6 is 23.2 Å². The van der Waals surface area contributed by atoms with Gasteiger partial charge in [0.1, 0.15) is 11.9 Å². The molecule has 0 spiro atoms. The Morgan fingerprint density at radius 1 is 1.21 bits per heavy atom. The molecular weight excluding hydrogens is 474 g/mol. The number of benzene rings is 2. The van der Waals surface area contributed by atoms with Gasteiger partial charge in [0.2, 0.25) is 5.91 Å². The number of hydrogen-bond acceptors (Lipinski definition) is 5. The fraction of sp³-hybridized carbons (Fsp3) is 0.348. The summed E-state index contributed by atoms with van der Waals surface area (Å²) in [7, 11) is 0. The summed E-state index contributed by atoms with van der Waals surface area (Å²) in [6, 6.07) is 9.31. The zero-order valence-electron chi connectivity index (χ0n) is 17.8. The molecule has 1 saturated heterocycles. The number of carbonyl (C=O) groups excluding carboxylic acids is 3. The van der Waals surface area contributed by atoms with E-state index in [4.69, 9.17) is 27.9 Å². The summed E-state index contributed by atoms with van der Waals surface area (Å²) in [5.74, 6) is -2.41. The Balaban J connectivity index is 1.55. The number of amides is 2. The molecule has 3 rings (SSSR count). The zero-order valence-corrected chi connectivity index (χ0v) is 19.3. The Morgan fingerprint density at radius 2 is 1.94 bits per heavy atom. The molecule has 176 valence electrons. The van der Waals surface area contributed by atoms with E-state index in [1.165, 1.54) is 18.2 Å². The number of halogens is 3. The number of nitrogens with one attached hydrogen (secondary N) is 1. The lowest BCUT2D eigenvalue weighted by molar-refractivity contribution is -0.156. The molecule has 0 saturated carbocycles. The lowest BCUT2D eigenvalue weighted by Crippen LogP contribution is -2.43. The van der Waals surface area contributed by atoms with Crippen LogP contribution in [0.1, 0.15) is 30.5 Å². The van der Waals surface area contributed by atoms with Crippen LogP contribution in [-0.4, -0.2) is 53.1 Å². The van der Waals surface area contributed by atoms with Gasteiger partial charge in [-0.2, -0.15) is 0 Å². The summed E-state index contributed by atoms with van der Waals surface area (Å²) >= 11 is 11.9. The number of aliphatic hydroxyl groups is 1. The molecule has 1 heterocycles. The van der Waals surface area contributed by atoms with E-state index >= 15 is 0 Å². The van der Waals surface area contributed by atoms with E-state index in [9.17, 15) is 23.9 Å². The predicted octanol–water partition coefficient (Wildman–Crippen LogP) is 3.06. The number of carbonyl (C=O) groups is 3. The van der Waals surface area contributed by atoms with E-state index in [1.807, 2.05) is 0 Å². The van der Waals surface area contributed by atoms with Crippen molar-refractivity contribution in [2.24, 2.45) is 0 Å². The molecule has 3 unspecified atom stereocenters. The van der Waals surface area contributed by atoms with Crippen molar-refractivity contribution < 1.29 is 28.6 Å². The van der Waals surface area contributed by atoms with E-state index < -0.39 is 48.4 Å². The Morgan fingerprint density at radius 3 is 2.64 bits per heavy atom. The molecule has 0 aromatic heterocycles. The standard InChI is InChI=1S/C23H23Cl2FN2O5/c1-13(14-6-7-17(24)18(25)8-14)27-21(30)12-33-23(32)20-10-16(29)11-28(20)22(31)9-15-4-2-3-5-19(15)26/h2-8,13,16,20,29H,9-12H2,1H3,(H,27,30). The quantitative estimate of drug-likeness (QED) is 0.574. The van der Waals surface area contributed by atoms with Gasteiger partial charge in [0.15, 0.2) is 6.61 Å². The van der Waals surface area contributed by atoms with E-state index in [1.54, 1.807) is 31.2 Å². The maximum absolute atomic E-state index is 13.9. The highest BCUT2D eigenvalue weighted by atomic mass is 35.5. The third-order valence-electron chi connectivity index (χ3n) is 5.34. The second kappa shape index (κ2) is 11.0. The van der Waals surface area contributed by atoms with Crippen LogP contribution in [0.25, 0.3) is 0 Å². The van der Waals surface area contributed by atoms with Gasteiger partial charge in [-0.05, 0) is 36.2 Å². The fourth-order valence-electron chi connectivity index (χ4n) is 3.60. The molecule has 1 aliphatic heterocycles. The number of ether oxygens (including phenoxy) is 1. The van der Waals surface area contributed by atoms with Crippen molar-refractivity contribution in [1.82, 2.24) is 10.2 Å². The third-order valence-corrected chi connectivity index (χ3v) is 6.08. The van der Waals surface area contributed by atoms with Crippen molar-refractivity contribution in [3.63, 3.8) is 0 Å². The van der Waals surface area contributed by atoms with Crippen molar-refractivity contribution >= 4 is 41.0 Å². The maximum Gasteiger partial charge on any atom is 0.329 e. The highest BCUT2D eigenvalue weighted by Crippen LogP contribution is 2.25. The predicted molar refractivity (Wildman–Crippen MR) is 120 cm³/mol. The van der Waals surface area contributed by atoms with Crippen LogP contribution < -0.4 is 5.32 Å². The molecule has 2 amide bonds. The minimum Gasteiger partial charge on any atom is -0.454 e. The lowest BCUT2D eigenvalue weighted by atomic mass is 10.1. The maximum atomic E-state index is 13.9. The largest absolute Gasteiger partial charge is 0.454 e. The molecule has 7 nitrogen and oxygen atoms in total. The first kappa shape index (κ1) is 25.0. The van der Waals surface area contributed by atoms with Crippen molar-refractivity contribution in [2.45, 2.75) is 38.0 Å². The van der Waals surface area contributed by atoms with Crippen LogP contribution in [0, 0.1) is 5.82 Å². The van der Waals surface area contributed by atoms with Gasteiger partial charge in [0, 0.05) is 13.0 Å². The Labute approximate surface area is 200 Å². The van der Waals surface area contributed by atoms with Crippen LogP contribution in [0.3, 0.4) is 0 Å². The monoisotopic (exact) mass is 496 g/mol. The van der Waals surface area contributed by atoms with Gasteiger partial charge in [-0.1, -0.05) is 47.5 Å². The number of esters is 1. The van der Waals surface area contributed by atoms with Gasteiger partial charge in [0.25, 0.3) is 5.91 Å². The van der Waals surface area contributed by atoms with Crippen molar-refractivity contribution in [1.29, 1.82) is 0 Å². The van der Waals surface area contributed by atoms with Crippen LogP contribution in [0.15, 0.2) is 42.5 Å². The fourth-order valence-corrected chi connectivity index (χ4v) is 3.91. The summed E-state index contributed by atoms with van der Waals surface area (Å²) in [6.45, 7) is 1.09. The molecule has 1 aliphatic rings. The van der Waals surface area contributed by atoms with Crippen molar-refractivity contribution in [2.75, 3.05) is 13.2 Å². The molecule has 2 aromatic rings. The number of likely N-dealkylation sites (tertiary alicyclic amines) is 1. The molecule has 0 bridgehead atoms. The number of nitrogens with zero attached hydrogens (tertiary/aromatic N) is 1. The van der Waals surface area contributed by atoms with Crippen LogP contribution in [0.4, 0.5) is 4.39 Å². The Bertz CT molecular complexity index is 1050. The van der Waals surface area contributed by atoms with Crippen molar-refractivity contribution in [3.8, 4) is 0 Å². The van der Waals surface area contributed by atoms with E-state index in [-0.39, 0.29) is 24.9 Å². The molecule has 1 fully saturated rings. The van der Waals surface area contributed by atoms with Gasteiger partial charge in [-0.15, -0.1) is 0 Å². The average Bonchev–Trinajstić information content (AvgIpc) is 3.17. The summed E-state index contributed by atoms with van der Waals surface area (Å²) in [5.41, 5.74) is 0.902. The Hall–Kier alpha value is -2.68. The lowest BCUT2D eigenvalue weighted by Gasteiger charge is -2.23. The summed E-state index contributed by atoms with van der Waals surface area (Å²) in [5, 5.41) is 13.4. The normalized spacial score (nSPS) is 18.6. The zero-order chi connectivity index (χ0) is 24.1.